The Hall–Kier alpha value is -0.500. The van der Waals surface area contributed by atoms with Crippen molar-refractivity contribution in [2.75, 3.05) is 24.4 Å². The van der Waals surface area contributed by atoms with Crippen LogP contribution in [0.3, 0.4) is 0 Å². The lowest BCUT2D eigenvalue weighted by molar-refractivity contribution is -0.125. The van der Waals surface area contributed by atoms with Gasteiger partial charge in [0.05, 0.1) is 17.9 Å². The number of benzene rings is 1. The van der Waals surface area contributed by atoms with Crippen molar-refractivity contribution in [3.63, 3.8) is 0 Å². The summed E-state index contributed by atoms with van der Waals surface area (Å²) in [5, 5.41) is 3.90. The molecule has 2 aliphatic heterocycles. The summed E-state index contributed by atoms with van der Waals surface area (Å²) in [6.45, 7) is 0.557. The van der Waals surface area contributed by atoms with Crippen LogP contribution in [0, 0.1) is 0 Å². The van der Waals surface area contributed by atoms with Crippen LogP contribution in [0.4, 0.5) is 0 Å². The van der Waals surface area contributed by atoms with Crippen LogP contribution in [0.2, 0.25) is 0 Å². The van der Waals surface area contributed by atoms with Crippen molar-refractivity contribution in [2.45, 2.75) is 23.3 Å². The first kappa shape index (κ1) is 16.4. The second kappa shape index (κ2) is 7.38. The molecule has 0 radical (unpaired) electrons. The fraction of sp³-hybridized carbons (Fsp3) is 0.533. The summed E-state index contributed by atoms with van der Waals surface area (Å²) < 4.78 is 5.14. The lowest BCUT2D eigenvalue weighted by Gasteiger charge is -2.27. The smallest absolute Gasteiger partial charge is 0.238 e. The van der Waals surface area contributed by atoms with Crippen molar-refractivity contribution in [2.24, 2.45) is 0 Å². The Morgan fingerprint density at radius 3 is 2.82 bits per heavy atom. The van der Waals surface area contributed by atoms with Gasteiger partial charge in [0.2, 0.25) is 5.91 Å². The summed E-state index contributed by atoms with van der Waals surface area (Å²) in [5.41, 5.74) is 1.08. The average molecular weight is 357 g/mol. The summed E-state index contributed by atoms with van der Waals surface area (Å²) in [6.07, 6.45) is 0. The number of ether oxygens (including phenoxy) is 1. The molecule has 0 aromatic heterocycles. The predicted molar refractivity (Wildman–Crippen MR) is 96.8 cm³/mol. The zero-order chi connectivity index (χ0) is 15.5. The Labute approximate surface area is 145 Å². The third kappa shape index (κ3) is 3.37. The standard InChI is InChI=1S/C15H20N2O2S3/c1-19-11-4-2-10(3-5-11)6-16-15(18)12-8-21-14-9-22-13(7-20)17(12)14/h2-5,12-14,20H,6-9H2,1H3,(H,16,18)/t12-,13+,14-/m0/s1. The number of hydrogen-bond acceptors (Lipinski definition) is 6. The van der Waals surface area contributed by atoms with Crippen LogP contribution in [-0.2, 0) is 11.3 Å². The molecular formula is C15H20N2O2S3. The van der Waals surface area contributed by atoms with Crippen LogP contribution in [0.15, 0.2) is 24.3 Å². The first-order valence-electron chi connectivity index (χ1n) is 7.25. The molecule has 1 aromatic rings. The van der Waals surface area contributed by atoms with Crippen LogP contribution in [-0.4, -0.2) is 52.0 Å². The fourth-order valence-electron chi connectivity index (χ4n) is 2.78. The lowest BCUT2D eigenvalue weighted by Crippen LogP contribution is -2.48. The minimum Gasteiger partial charge on any atom is -0.497 e. The monoisotopic (exact) mass is 356 g/mol. The van der Waals surface area contributed by atoms with Crippen molar-refractivity contribution in [1.82, 2.24) is 10.2 Å². The van der Waals surface area contributed by atoms with Gasteiger partial charge in [-0.05, 0) is 17.7 Å². The van der Waals surface area contributed by atoms with Gasteiger partial charge in [0.15, 0.2) is 0 Å². The number of nitrogens with one attached hydrogen (secondary N) is 1. The van der Waals surface area contributed by atoms with Gasteiger partial charge in [0.1, 0.15) is 11.8 Å². The molecule has 0 bridgehead atoms. The summed E-state index contributed by atoms with van der Waals surface area (Å²) in [4.78, 5) is 14.9. The van der Waals surface area contributed by atoms with Crippen molar-refractivity contribution in [1.29, 1.82) is 0 Å². The molecule has 22 heavy (non-hydrogen) atoms. The van der Waals surface area contributed by atoms with Crippen molar-refractivity contribution >= 4 is 42.1 Å². The highest BCUT2D eigenvalue weighted by Crippen LogP contribution is 2.42. The quantitative estimate of drug-likeness (QED) is 0.791. The number of thioether (sulfide) groups is 2. The SMILES string of the molecule is COc1ccc(CNC(=O)[C@@H]2CS[C@H]3CS[C@H](CS)N32)cc1. The van der Waals surface area contributed by atoms with Gasteiger partial charge in [-0.2, -0.15) is 12.6 Å². The van der Waals surface area contributed by atoms with E-state index in [0.29, 0.717) is 17.3 Å². The number of rotatable bonds is 5. The van der Waals surface area contributed by atoms with Gasteiger partial charge in [0.25, 0.3) is 0 Å². The van der Waals surface area contributed by atoms with Crippen LogP contribution < -0.4 is 10.1 Å². The summed E-state index contributed by atoms with van der Waals surface area (Å²) in [7, 11) is 1.65. The maximum Gasteiger partial charge on any atom is 0.238 e. The number of amides is 1. The molecule has 0 unspecified atom stereocenters. The number of carbonyl (C=O) groups is 1. The van der Waals surface area contributed by atoms with Gasteiger partial charge in [0, 0.05) is 23.8 Å². The van der Waals surface area contributed by atoms with Crippen LogP contribution in [0.25, 0.3) is 0 Å². The molecule has 0 spiro atoms. The Balaban J connectivity index is 1.57. The van der Waals surface area contributed by atoms with Crippen LogP contribution in [0.1, 0.15) is 5.56 Å². The Kier molecular flexibility index (Phi) is 5.49. The predicted octanol–water partition coefficient (Wildman–Crippen LogP) is 2.06. The lowest BCUT2D eigenvalue weighted by atomic mass is 10.2. The number of methoxy groups -OCH3 is 1. The second-order valence-corrected chi connectivity index (χ2v) is 8.07. The minimum absolute atomic E-state index is 0.0274. The Morgan fingerprint density at radius 1 is 1.36 bits per heavy atom. The molecule has 7 heteroatoms. The average Bonchev–Trinajstić information content (AvgIpc) is 3.14. The zero-order valence-corrected chi connectivity index (χ0v) is 14.9. The van der Waals surface area contributed by atoms with Crippen molar-refractivity contribution in [3.05, 3.63) is 29.8 Å². The van der Waals surface area contributed by atoms with Gasteiger partial charge in [-0.25, -0.2) is 0 Å². The third-order valence-corrected chi connectivity index (χ3v) is 7.40. The highest BCUT2D eigenvalue weighted by molar-refractivity contribution is 8.05. The molecule has 1 amide bonds. The molecule has 3 rings (SSSR count). The number of thiol groups is 1. The van der Waals surface area contributed by atoms with Gasteiger partial charge >= 0.3 is 0 Å². The van der Waals surface area contributed by atoms with Crippen LogP contribution >= 0.6 is 36.2 Å². The highest BCUT2D eigenvalue weighted by Gasteiger charge is 2.46. The van der Waals surface area contributed by atoms with E-state index in [1.165, 1.54) is 0 Å². The van der Waals surface area contributed by atoms with E-state index in [0.717, 1.165) is 28.6 Å². The topological polar surface area (TPSA) is 41.6 Å². The summed E-state index contributed by atoms with van der Waals surface area (Å²) in [6, 6.07) is 7.76. The van der Waals surface area contributed by atoms with Gasteiger partial charge < -0.3 is 10.1 Å². The third-order valence-electron chi connectivity index (χ3n) is 3.99. The van der Waals surface area contributed by atoms with Crippen molar-refractivity contribution in [3.8, 4) is 5.75 Å². The Bertz CT molecular complexity index is 526. The summed E-state index contributed by atoms with van der Waals surface area (Å²) >= 11 is 8.22. The number of carbonyl (C=O) groups excluding carboxylic acids is 1. The molecule has 120 valence electrons. The van der Waals surface area contributed by atoms with Gasteiger partial charge in [-0.3, -0.25) is 9.69 Å². The molecule has 0 aliphatic carbocycles. The first-order chi connectivity index (χ1) is 10.7. The minimum atomic E-state index is -0.0274. The normalized spacial score (nSPS) is 27.6. The molecule has 2 saturated heterocycles. The molecule has 2 heterocycles. The Morgan fingerprint density at radius 2 is 2.14 bits per heavy atom. The van der Waals surface area contributed by atoms with Crippen LogP contribution in [0.5, 0.6) is 5.75 Å². The molecule has 1 aromatic carbocycles. The molecule has 3 atom stereocenters. The van der Waals surface area contributed by atoms with E-state index in [9.17, 15) is 4.79 Å². The van der Waals surface area contributed by atoms with E-state index in [1.54, 1.807) is 7.11 Å². The molecule has 2 fully saturated rings. The zero-order valence-electron chi connectivity index (χ0n) is 12.4. The second-order valence-electron chi connectivity index (χ2n) is 5.29. The van der Waals surface area contributed by atoms with Gasteiger partial charge in [-0.15, -0.1) is 23.5 Å². The number of nitrogens with zero attached hydrogens (tertiary/aromatic N) is 1. The van der Waals surface area contributed by atoms with E-state index in [-0.39, 0.29) is 11.9 Å². The van der Waals surface area contributed by atoms with E-state index in [1.807, 2.05) is 47.8 Å². The van der Waals surface area contributed by atoms with Crippen molar-refractivity contribution < 1.29 is 9.53 Å². The maximum atomic E-state index is 12.5. The molecular weight excluding hydrogens is 336 g/mol. The number of fused-ring (bicyclic) bond motifs is 1. The fourth-order valence-corrected chi connectivity index (χ4v) is 6.31. The first-order valence-corrected chi connectivity index (χ1v) is 9.98. The molecule has 0 saturated carbocycles. The van der Waals surface area contributed by atoms with Gasteiger partial charge in [-0.1, -0.05) is 12.1 Å². The summed E-state index contributed by atoms with van der Waals surface area (Å²) in [5.74, 6) is 3.72. The van der Waals surface area contributed by atoms with E-state index in [4.69, 9.17) is 4.74 Å². The number of hydrogen-bond donors (Lipinski definition) is 2. The largest absolute Gasteiger partial charge is 0.497 e. The highest BCUT2D eigenvalue weighted by atomic mass is 32.2. The van der Waals surface area contributed by atoms with E-state index >= 15 is 0 Å². The molecule has 1 N–H and O–H groups in total. The van der Waals surface area contributed by atoms with E-state index < -0.39 is 0 Å². The molecule has 2 aliphatic rings. The maximum absolute atomic E-state index is 12.5. The van der Waals surface area contributed by atoms with E-state index in [2.05, 4.69) is 22.8 Å². The molecule has 4 nitrogen and oxygen atoms in total.